The van der Waals surface area contributed by atoms with Gasteiger partial charge in [0.2, 0.25) is 0 Å². The molecule has 0 atom stereocenters. The lowest BCUT2D eigenvalue weighted by Crippen LogP contribution is -2.55. The van der Waals surface area contributed by atoms with Crippen LogP contribution in [0.3, 0.4) is 0 Å². The van der Waals surface area contributed by atoms with E-state index in [0.29, 0.717) is 12.5 Å². The molecule has 88 valence electrons. The molecular weight excluding hydrogens is 194 g/mol. The number of hydrogen-bond acceptors (Lipinski definition) is 4. The van der Waals surface area contributed by atoms with Crippen molar-refractivity contribution in [2.24, 2.45) is 5.92 Å². The van der Waals surface area contributed by atoms with E-state index in [1.807, 2.05) is 0 Å². The largest absolute Gasteiger partial charge is 0.468 e. The Morgan fingerprint density at radius 3 is 2.60 bits per heavy atom. The van der Waals surface area contributed by atoms with Crippen molar-refractivity contribution in [3.8, 4) is 0 Å². The Labute approximate surface area is 91.0 Å². The van der Waals surface area contributed by atoms with Crippen LogP contribution in [-0.2, 0) is 9.53 Å². The number of esters is 1. The molecular formula is C11H21NO3. The van der Waals surface area contributed by atoms with Gasteiger partial charge in [0.05, 0.1) is 13.7 Å². The van der Waals surface area contributed by atoms with Gasteiger partial charge in [0.25, 0.3) is 0 Å². The summed E-state index contributed by atoms with van der Waals surface area (Å²) in [6.45, 7) is 2.70. The van der Waals surface area contributed by atoms with Gasteiger partial charge in [-0.1, -0.05) is 6.92 Å². The molecule has 15 heavy (non-hydrogen) atoms. The number of nitrogens with one attached hydrogen (secondary N) is 1. The Bertz CT molecular complexity index is 204. The summed E-state index contributed by atoms with van der Waals surface area (Å²) in [6, 6.07) is 0. The maximum Gasteiger partial charge on any atom is 0.326 e. The zero-order valence-electron chi connectivity index (χ0n) is 9.58. The molecule has 0 saturated heterocycles. The summed E-state index contributed by atoms with van der Waals surface area (Å²) in [5.74, 6) is 0.488. The van der Waals surface area contributed by atoms with Gasteiger partial charge in [0.15, 0.2) is 0 Å². The summed E-state index contributed by atoms with van der Waals surface area (Å²) in [7, 11) is 1.42. The molecule has 0 bridgehead atoms. The van der Waals surface area contributed by atoms with Gasteiger partial charge in [-0.05, 0) is 31.6 Å². The van der Waals surface area contributed by atoms with Crippen LogP contribution in [0.1, 0.15) is 32.6 Å². The number of carbonyl (C=O) groups excluding carboxylic acids is 1. The highest BCUT2D eigenvalue weighted by molar-refractivity contribution is 5.80. The van der Waals surface area contributed by atoms with Crippen LogP contribution >= 0.6 is 0 Å². The molecule has 1 aliphatic carbocycles. The molecule has 4 nitrogen and oxygen atoms in total. The third-order valence-corrected chi connectivity index (χ3v) is 3.28. The standard InChI is InChI=1S/C11H21NO3/c1-9-3-5-11(6-4-9,10(14)15-2)12-7-8-13/h9,12-13H,3-8H2,1-2H3. The first kappa shape index (κ1) is 12.5. The predicted octanol–water partition coefficient (Wildman–Crippen LogP) is 0.690. The molecule has 0 unspecified atom stereocenters. The van der Waals surface area contributed by atoms with E-state index in [9.17, 15) is 4.79 Å². The van der Waals surface area contributed by atoms with Crippen LogP contribution in [0, 0.1) is 5.92 Å². The zero-order valence-corrected chi connectivity index (χ0v) is 9.58. The van der Waals surface area contributed by atoms with Crippen LogP contribution in [0.2, 0.25) is 0 Å². The van der Waals surface area contributed by atoms with Crippen LogP contribution in [0.5, 0.6) is 0 Å². The first-order valence-electron chi connectivity index (χ1n) is 5.59. The molecule has 4 heteroatoms. The van der Waals surface area contributed by atoms with Crippen LogP contribution < -0.4 is 5.32 Å². The van der Waals surface area contributed by atoms with Crippen LogP contribution in [0.25, 0.3) is 0 Å². The van der Waals surface area contributed by atoms with Crippen molar-refractivity contribution in [1.29, 1.82) is 0 Å². The predicted molar refractivity (Wildman–Crippen MR) is 57.5 cm³/mol. The summed E-state index contributed by atoms with van der Waals surface area (Å²) in [5, 5.41) is 11.9. The summed E-state index contributed by atoms with van der Waals surface area (Å²) in [4.78, 5) is 11.7. The first-order chi connectivity index (χ1) is 7.14. The van der Waals surface area contributed by atoms with E-state index in [4.69, 9.17) is 9.84 Å². The number of rotatable bonds is 4. The number of hydrogen-bond donors (Lipinski definition) is 2. The second-order valence-electron chi connectivity index (χ2n) is 4.41. The van der Waals surface area contributed by atoms with Gasteiger partial charge >= 0.3 is 5.97 Å². The molecule has 0 aromatic carbocycles. The molecule has 2 N–H and O–H groups in total. The summed E-state index contributed by atoms with van der Waals surface area (Å²) in [5.41, 5.74) is -0.552. The second-order valence-corrected chi connectivity index (χ2v) is 4.41. The van der Waals surface area contributed by atoms with Crippen molar-refractivity contribution >= 4 is 5.97 Å². The van der Waals surface area contributed by atoms with E-state index in [-0.39, 0.29) is 12.6 Å². The van der Waals surface area contributed by atoms with E-state index in [2.05, 4.69) is 12.2 Å². The molecule has 0 radical (unpaired) electrons. The van der Waals surface area contributed by atoms with E-state index in [0.717, 1.165) is 25.7 Å². The van der Waals surface area contributed by atoms with Gasteiger partial charge in [0, 0.05) is 6.54 Å². The lowest BCUT2D eigenvalue weighted by molar-refractivity contribution is -0.150. The van der Waals surface area contributed by atoms with Crippen molar-refractivity contribution < 1.29 is 14.6 Å². The van der Waals surface area contributed by atoms with Crippen LogP contribution in [0.15, 0.2) is 0 Å². The normalized spacial score (nSPS) is 31.3. The monoisotopic (exact) mass is 215 g/mol. The highest BCUT2D eigenvalue weighted by Crippen LogP contribution is 2.32. The molecule has 1 saturated carbocycles. The Balaban J connectivity index is 2.64. The Hall–Kier alpha value is -0.610. The number of carbonyl (C=O) groups is 1. The zero-order chi connectivity index (χ0) is 11.3. The molecule has 0 aromatic rings. The highest BCUT2D eigenvalue weighted by Gasteiger charge is 2.41. The topological polar surface area (TPSA) is 58.6 Å². The lowest BCUT2D eigenvalue weighted by Gasteiger charge is -2.37. The first-order valence-corrected chi connectivity index (χ1v) is 5.59. The number of aliphatic hydroxyl groups is 1. The summed E-state index contributed by atoms with van der Waals surface area (Å²) in [6.07, 6.45) is 3.68. The Kier molecular flexibility index (Phi) is 4.54. The van der Waals surface area contributed by atoms with E-state index < -0.39 is 5.54 Å². The SMILES string of the molecule is COC(=O)C1(NCCO)CCC(C)CC1. The summed E-state index contributed by atoms with van der Waals surface area (Å²) >= 11 is 0. The average molecular weight is 215 g/mol. The number of aliphatic hydroxyl groups excluding tert-OH is 1. The highest BCUT2D eigenvalue weighted by atomic mass is 16.5. The average Bonchev–Trinajstić information content (AvgIpc) is 2.28. The van der Waals surface area contributed by atoms with Gasteiger partial charge in [-0.15, -0.1) is 0 Å². The van der Waals surface area contributed by atoms with E-state index in [1.54, 1.807) is 0 Å². The molecule has 0 amide bonds. The second kappa shape index (κ2) is 5.47. The molecule has 1 aliphatic rings. The fourth-order valence-electron chi connectivity index (χ4n) is 2.20. The van der Waals surface area contributed by atoms with Gasteiger partial charge < -0.3 is 9.84 Å². The van der Waals surface area contributed by atoms with Crippen molar-refractivity contribution in [2.45, 2.75) is 38.1 Å². The minimum absolute atomic E-state index is 0.0499. The minimum atomic E-state index is -0.552. The molecule has 0 aliphatic heterocycles. The smallest absolute Gasteiger partial charge is 0.326 e. The summed E-state index contributed by atoms with van der Waals surface area (Å²) < 4.78 is 4.84. The van der Waals surface area contributed by atoms with Gasteiger partial charge in [-0.2, -0.15) is 0 Å². The van der Waals surface area contributed by atoms with Crippen molar-refractivity contribution in [3.63, 3.8) is 0 Å². The van der Waals surface area contributed by atoms with Crippen LogP contribution in [-0.4, -0.2) is 36.9 Å². The number of β-amino-alcohol motifs (C(OH)–C–C–N with tert-alkyl or cyclic N) is 1. The van der Waals surface area contributed by atoms with E-state index >= 15 is 0 Å². The third-order valence-electron chi connectivity index (χ3n) is 3.28. The molecule has 1 fully saturated rings. The number of methoxy groups -OCH3 is 1. The van der Waals surface area contributed by atoms with Gasteiger partial charge in [-0.3, -0.25) is 10.1 Å². The Morgan fingerprint density at radius 1 is 1.53 bits per heavy atom. The van der Waals surface area contributed by atoms with Crippen molar-refractivity contribution in [1.82, 2.24) is 5.32 Å². The maximum absolute atomic E-state index is 11.7. The van der Waals surface area contributed by atoms with Crippen molar-refractivity contribution in [3.05, 3.63) is 0 Å². The van der Waals surface area contributed by atoms with Gasteiger partial charge in [-0.25, -0.2) is 0 Å². The molecule has 0 aromatic heterocycles. The quantitative estimate of drug-likeness (QED) is 0.677. The maximum atomic E-state index is 11.7. The third kappa shape index (κ3) is 2.92. The fourth-order valence-corrected chi connectivity index (χ4v) is 2.20. The molecule has 1 rings (SSSR count). The van der Waals surface area contributed by atoms with Crippen molar-refractivity contribution in [2.75, 3.05) is 20.3 Å². The van der Waals surface area contributed by atoms with E-state index in [1.165, 1.54) is 7.11 Å². The lowest BCUT2D eigenvalue weighted by atomic mass is 9.77. The fraction of sp³-hybridized carbons (Fsp3) is 0.909. The van der Waals surface area contributed by atoms with Crippen LogP contribution in [0.4, 0.5) is 0 Å². The number of ether oxygens (including phenoxy) is 1. The minimum Gasteiger partial charge on any atom is -0.468 e. The molecule has 0 spiro atoms. The molecule has 0 heterocycles. The van der Waals surface area contributed by atoms with Gasteiger partial charge in [0.1, 0.15) is 5.54 Å². The Morgan fingerprint density at radius 2 is 2.13 bits per heavy atom.